The first-order valence-corrected chi connectivity index (χ1v) is 8.03. The van der Waals surface area contributed by atoms with Crippen LogP contribution in [0, 0.1) is 10.1 Å². The number of benzene rings is 2. The molecule has 0 spiro atoms. The Bertz CT molecular complexity index is 754. The first-order chi connectivity index (χ1) is 12.0. The molecule has 0 saturated heterocycles. The molecular formula is C17H18ClN3O4. The molecule has 2 N–H and O–H groups in total. The van der Waals surface area contributed by atoms with Crippen molar-refractivity contribution in [2.45, 2.75) is 13.0 Å². The highest BCUT2D eigenvalue weighted by Gasteiger charge is 2.16. The van der Waals surface area contributed by atoms with Crippen molar-refractivity contribution in [1.82, 2.24) is 5.32 Å². The highest BCUT2D eigenvalue weighted by atomic mass is 35.5. The third kappa shape index (κ3) is 5.36. The second kappa shape index (κ2) is 8.89. The molecule has 2 aromatic carbocycles. The van der Waals surface area contributed by atoms with Gasteiger partial charge in [-0.1, -0.05) is 35.9 Å². The number of nitro groups is 1. The predicted octanol–water partition coefficient (Wildman–Crippen LogP) is 3.24. The van der Waals surface area contributed by atoms with Crippen LogP contribution in [0.5, 0.6) is 5.75 Å². The van der Waals surface area contributed by atoms with E-state index in [0.29, 0.717) is 29.5 Å². The monoisotopic (exact) mass is 363 g/mol. The van der Waals surface area contributed by atoms with Crippen LogP contribution in [0.15, 0.2) is 48.5 Å². The number of hydrogen-bond acceptors (Lipinski definition) is 5. The Balaban J connectivity index is 1.79. The molecule has 0 heterocycles. The number of hydrogen-bond donors (Lipinski definition) is 2. The lowest BCUT2D eigenvalue weighted by atomic mass is 10.2. The van der Waals surface area contributed by atoms with Gasteiger partial charge in [0.15, 0.2) is 6.10 Å². The SMILES string of the molecule is CC(Oc1ccccc1Cl)C(=O)NCCNc1ccccc1[N+](=O)[O-]. The van der Waals surface area contributed by atoms with Crippen LogP contribution in [0.4, 0.5) is 11.4 Å². The van der Waals surface area contributed by atoms with Gasteiger partial charge in [0.25, 0.3) is 11.6 Å². The van der Waals surface area contributed by atoms with E-state index in [1.54, 1.807) is 49.4 Å². The van der Waals surface area contributed by atoms with Crippen LogP contribution in [-0.4, -0.2) is 30.0 Å². The second-order valence-corrected chi connectivity index (χ2v) is 5.59. The summed E-state index contributed by atoms with van der Waals surface area (Å²) in [6.07, 6.45) is -0.717. The molecule has 132 valence electrons. The van der Waals surface area contributed by atoms with Gasteiger partial charge in [0, 0.05) is 19.2 Å². The zero-order valence-corrected chi connectivity index (χ0v) is 14.3. The maximum Gasteiger partial charge on any atom is 0.292 e. The van der Waals surface area contributed by atoms with Crippen LogP contribution in [0.3, 0.4) is 0 Å². The van der Waals surface area contributed by atoms with Crippen LogP contribution < -0.4 is 15.4 Å². The molecule has 8 heteroatoms. The van der Waals surface area contributed by atoms with Crippen molar-refractivity contribution in [3.8, 4) is 5.75 Å². The van der Waals surface area contributed by atoms with Gasteiger partial charge in [-0.25, -0.2) is 0 Å². The fourth-order valence-electron chi connectivity index (χ4n) is 2.09. The fourth-order valence-corrected chi connectivity index (χ4v) is 2.27. The van der Waals surface area contributed by atoms with Gasteiger partial charge in [0.2, 0.25) is 0 Å². The summed E-state index contributed by atoms with van der Waals surface area (Å²) in [6, 6.07) is 13.2. The minimum atomic E-state index is -0.717. The average molecular weight is 364 g/mol. The Labute approximate surface area is 150 Å². The molecule has 1 atom stereocenters. The van der Waals surface area contributed by atoms with Crippen LogP contribution in [0.1, 0.15) is 6.92 Å². The molecule has 2 rings (SSSR count). The lowest BCUT2D eigenvalue weighted by molar-refractivity contribution is -0.384. The van der Waals surface area contributed by atoms with Crippen molar-refractivity contribution in [3.63, 3.8) is 0 Å². The summed E-state index contributed by atoms with van der Waals surface area (Å²) in [6.45, 7) is 2.25. The number of ether oxygens (including phenoxy) is 1. The van der Waals surface area contributed by atoms with E-state index < -0.39 is 11.0 Å². The maximum atomic E-state index is 12.0. The fraction of sp³-hybridized carbons (Fsp3) is 0.235. The van der Waals surface area contributed by atoms with E-state index >= 15 is 0 Å². The molecule has 1 amide bonds. The van der Waals surface area contributed by atoms with Crippen molar-refractivity contribution in [3.05, 3.63) is 63.7 Å². The third-order valence-electron chi connectivity index (χ3n) is 3.35. The van der Waals surface area contributed by atoms with Gasteiger partial charge in [-0.2, -0.15) is 0 Å². The van der Waals surface area contributed by atoms with Gasteiger partial charge in [0.05, 0.1) is 9.95 Å². The lowest BCUT2D eigenvalue weighted by Crippen LogP contribution is -2.38. The second-order valence-electron chi connectivity index (χ2n) is 5.18. The maximum absolute atomic E-state index is 12.0. The van der Waals surface area contributed by atoms with Crippen LogP contribution in [0.2, 0.25) is 5.02 Å². The van der Waals surface area contributed by atoms with E-state index in [0.717, 1.165) is 0 Å². The summed E-state index contributed by atoms with van der Waals surface area (Å²) in [7, 11) is 0. The molecule has 7 nitrogen and oxygen atoms in total. The van der Waals surface area contributed by atoms with Crippen molar-refractivity contribution < 1.29 is 14.5 Å². The molecule has 0 saturated carbocycles. The van der Waals surface area contributed by atoms with Crippen molar-refractivity contribution in [1.29, 1.82) is 0 Å². The molecule has 25 heavy (non-hydrogen) atoms. The molecule has 0 aromatic heterocycles. The Kier molecular flexibility index (Phi) is 6.59. The number of anilines is 1. The van der Waals surface area contributed by atoms with E-state index in [9.17, 15) is 14.9 Å². The third-order valence-corrected chi connectivity index (χ3v) is 3.66. The molecular weight excluding hydrogens is 346 g/mol. The molecule has 1 unspecified atom stereocenters. The molecule has 0 fully saturated rings. The molecule has 2 aromatic rings. The van der Waals surface area contributed by atoms with Crippen LogP contribution >= 0.6 is 11.6 Å². The van der Waals surface area contributed by atoms with Gasteiger partial charge >= 0.3 is 0 Å². The predicted molar refractivity (Wildman–Crippen MR) is 96.1 cm³/mol. The minimum absolute atomic E-state index is 0.00996. The number of nitrogens with one attached hydrogen (secondary N) is 2. The Morgan fingerprint density at radius 1 is 1.20 bits per heavy atom. The number of rotatable bonds is 8. The number of nitro benzene ring substituents is 1. The highest BCUT2D eigenvalue weighted by molar-refractivity contribution is 6.32. The van der Waals surface area contributed by atoms with Crippen molar-refractivity contribution in [2.75, 3.05) is 18.4 Å². The van der Waals surface area contributed by atoms with Gasteiger partial charge in [0.1, 0.15) is 11.4 Å². The quantitative estimate of drug-likeness (QED) is 0.426. The normalized spacial score (nSPS) is 11.4. The summed E-state index contributed by atoms with van der Waals surface area (Å²) in [5, 5.41) is 17.0. The minimum Gasteiger partial charge on any atom is -0.479 e. The van der Waals surface area contributed by atoms with Gasteiger partial charge in [-0.05, 0) is 25.1 Å². The summed E-state index contributed by atoms with van der Waals surface area (Å²) in [5.41, 5.74) is 0.395. The van der Waals surface area contributed by atoms with Crippen LogP contribution in [0.25, 0.3) is 0 Å². The first kappa shape index (κ1) is 18.5. The Morgan fingerprint density at radius 2 is 1.88 bits per heavy atom. The first-order valence-electron chi connectivity index (χ1n) is 7.65. The van der Waals surface area contributed by atoms with E-state index in [1.165, 1.54) is 6.07 Å². The average Bonchev–Trinajstić information content (AvgIpc) is 2.60. The number of nitrogens with zero attached hydrogens (tertiary/aromatic N) is 1. The highest BCUT2D eigenvalue weighted by Crippen LogP contribution is 2.24. The van der Waals surface area contributed by atoms with Gasteiger partial charge in [-0.15, -0.1) is 0 Å². The summed E-state index contributed by atoms with van der Waals surface area (Å²) in [5.74, 6) is 0.133. The van der Waals surface area contributed by atoms with E-state index in [2.05, 4.69) is 10.6 Å². The number of halogens is 1. The molecule has 0 radical (unpaired) electrons. The number of amides is 1. The molecule has 0 bridgehead atoms. The Hall–Kier alpha value is -2.80. The van der Waals surface area contributed by atoms with E-state index in [1.807, 2.05) is 0 Å². The van der Waals surface area contributed by atoms with E-state index in [-0.39, 0.29) is 11.6 Å². The number of carbonyl (C=O) groups excluding carboxylic acids is 1. The largest absolute Gasteiger partial charge is 0.479 e. The molecule has 0 aliphatic heterocycles. The van der Waals surface area contributed by atoms with Gasteiger partial charge in [-0.3, -0.25) is 14.9 Å². The summed E-state index contributed by atoms with van der Waals surface area (Å²) < 4.78 is 5.52. The smallest absolute Gasteiger partial charge is 0.292 e. The van der Waals surface area contributed by atoms with Crippen molar-refractivity contribution in [2.24, 2.45) is 0 Å². The summed E-state index contributed by atoms with van der Waals surface area (Å²) >= 11 is 5.99. The standard InChI is InChI=1S/C17H18ClN3O4/c1-12(25-16-9-5-2-6-13(16)18)17(22)20-11-10-19-14-7-3-4-8-15(14)21(23)24/h2-9,12,19H,10-11H2,1H3,(H,20,22). The molecule has 0 aliphatic rings. The summed E-state index contributed by atoms with van der Waals surface area (Å²) in [4.78, 5) is 22.5. The van der Waals surface area contributed by atoms with Gasteiger partial charge < -0.3 is 15.4 Å². The topological polar surface area (TPSA) is 93.5 Å². The number of para-hydroxylation sites is 3. The zero-order chi connectivity index (χ0) is 18.2. The Morgan fingerprint density at radius 3 is 2.60 bits per heavy atom. The molecule has 0 aliphatic carbocycles. The van der Waals surface area contributed by atoms with Crippen LogP contribution in [-0.2, 0) is 4.79 Å². The zero-order valence-electron chi connectivity index (χ0n) is 13.6. The number of carbonyl (C=O) groups is 1. The van der Waals surface area contributed by atoms with E-state index in [4.69, 9.17) is 16.3 Å². The van der Waals surface area contributed by atoms with Crippen molar-refractivity contribution >= 4 is 28.9 Å². The lowest BCUT2D eigenvalue weighted by Gasteiger charge is -2.15.